The molecular formula is C24H24N4O3S2. The van der Waals surface area contributed by atoms with E-state index in [0.29, 0.717) is 31.1 Å². The first-order valence-electron chi connectivity index (χ1n) is 10.8. The number of hydrogen-bond donors (Lipinski definition) is 2. The molecule has 4 aromatic rings. The summed E-state index contributed by atoms with van der Waals surface area (Å²) in [5, 5.41) is 6.55. The first-order valence-corrected chi connectivity index (χ1v) is 13.1. The van der Waals surface area contributed by atoms with Crippen LogP contribution in [-0.2, 0) is 14.8 Å². The van der Waals surface area contributed by atoms with E-state index in [-0.39, 0.29) is 16.7 Å². The number of hydrogen-bond acceptors (Lipinski definition) is 5. The van der Waals surface area contributed by atoms with Crippen molar-refractivity contribution in [2.75, 3.05) is 18.4 Å². The van der Waals surface area contributed by atoms with Crippen LogP contribution in [0.15, 0.2) is 64.9 Å². The SMILES string of the molecule is Cc1[nH]c2ccccc2c1-c1csc(NC(=O)C2CCN(S(=O)(=O)c3ccccc3)CC2)n1. The molecule has 0 radical (unpaired) electrons. The second-order valence-corrected chi connectivity index (χ2v) is 11.0. The highest BCUT2D eigenvalue weighted by Gasteiger charge is 2.32. The van der Waals surface area contributed by atoms with E-state index in [9.17, 15) is 13.2 Å². The number of benzene rings is 2. The lowest BCUT2D eigenvalue weighted by atomic mass is 9.97. The van der Waals surface area contributed by atoms with Gasteiger partial charge in [-0.25, -0.2) is 13.4 Å². The van der Waals surface area contributed by atoms with Crippen molar-refractivity contribution in [3.05, 3.63) is 65.7 Å². The number of anilines is 1. The molecule has 2 N–H and O–H groups in total. The standard InChI is InChI=1S/C24H24N4O3S2/c1-16-22(19-9-5-6-10-20(19)25-16)21-15-32-24(26-21)27-23(29)17-11-13-28(14-12-17)33(30,31)18-7-3-2-4-8-18/h2-10,15,17,25H,11-14H2,1H3,(H,26,27,29). The van der Waals surface area contributed by atoms with Crippen LogP contribution < -0.4 is 5.32 Å². The largest absolute Gasteiger partial charge is 0.358 e. The maximum atomic E-state index is 12.9. The number of thiazole rings is 1. The molecule has 5 rings (SSSR count). The highest BCUT2D eigenvalue weighted by atomic mass is 32.2. The van der Waals surface area contributed by atoms with Crippen molar-refractivity contribution in [3.63, 3.8) is 0 Å². The number of piperidine rings is 1. The Morgan fingerprint density at radius 3 is 2.55 bits per heavy atom. The first-order chi connectivity index (χ1) is 15.9. The van der Waals surface area contributed by atoms with Gasteiger partial charge in [-0.05, 0) is 38.0 Å². The van der Waals surface area contributed by atoms with Gasteiger partial charge >= 0.3 is 0 Å². The van der Waals surface area contributed by atoms with Crippen LogP contribution in [0, 0.1) is 12.8 Å². The lowest BCUT2D eigenvalue weighted by Crippen LogP contribution is -2.41. The van der Waals surface area contributed by atoms with E-state index < -0.39 is 10.0 Å². The molecule has 1 saturated heterocycles. The van der Waals surface area contributed by atoms with Gasteiger partial charge in [-0.15, -0.1) is 11.3 Å². The van der Waals surface area contributed by atoms with E-state index in [1.165, 1.54) is 15.6 Å². The molecule has 1 aliphatic rings. The number of fused-ring (bicyclic) bond motifs is 1. The number of aryl methyl sites for hydroxylation is 1. The van der Waals surface area contributed by atoms with Crippen LogP contribution in [0.2, 0.25) is 0 Å². The van der Waals surface area contributed by atoms with Crippen LogP contribution >= 0.6 is 11.3 Å². The number of aromatic amines is 1. The minimum atomic E-state index is -3.53. The number of rotatable bonds is 5. The molecule has 33 heavy (non-hydrogen) atoms. The molecule has 1 amide bonds. The third-order valence-electron chi connectivity index (χ3n) is 6.09. The van der Waals surface area contributed by atoms with E-state index in [2.05, 4.69) is 21.4 Å². The van der Waals surface area contributed by atoms with Gasteiger partial charge in [-0.3, -0.25) is 4.79 Å². The summed E-state index contributed by atoms with van der Waals surface area (Å²) >= 11 is 1.40. The minimum Gasteiger partial charge on any atom is -0.358 e. The quantitative estimate of drug-likeness (QED) is 0.435. The second-order valence-electron chi connectivity index (χ2n) is 8.19. The third kappa shape index (κ3) is 4.19. The van der Waals surface area contributed by atoms with Gasteiger partial charge in [0, 0.05) is 46.5 Å². The Kier molecular flexibility index (Phi) is 5.77. The van der Waals surface area contributed by atoms with Gasteiger partial charge in [0.1, 0.15) is 0 Å². The van der Waals surface area contributed by atoms with Crippen LogP contribution in [0.3, 0.4) is 0 Å². The van der Waals surface area contributed by atoms with Crippen LogP contribution in [0.25, 0.3) is 22.2 Å². The second kappa shape index (κ2) is 8.74. The van der Waals surface area contributed by atoms with Crippen molar-refractivity contribution in [2.45, 2.75) is 24.7 Å². The van der Waals surface area contributed by atoms with E-state index in [4.69, 9.17) is 0 Å². The fourth-order valence-electron chi connectivity index (χ4n) is 4.36. The van der Waals surface area contributed by atoms with Crippen molar-refractivity contribution >= 4 is 43.3 Å². The van der Waals surface area contributed by atoms with Gasteiger partial charge in [-0.1, -0.05) is 36.4 Å². The van der Waals surface area contributed by atoms with Gasteiger partial charge in [0.25, 0.3) is 0 Å². The summed E-state index contributed by atoms with van der Waals surface area (Å²) in [6, 6.07) is 16.5. The van der Waals surface area contributed by atoms with E-state index in [1.807, 2.05) is 30.5 Å². The van der Waals surface area contributed by atoms with Crippen LogP contribution in [-0.4, -0.2) is 41.7 Å². The molecule has 0 spiro atoms. The van der Waals surface area contributed by atoms with Crippen molar-refractivity contribution in [1.29, 1.82) is 0 Å². The third-order valence-corrected chi connectivity index (χ3v) is 8.76. The van der Waals surface area contributed by atoms with Gasteiger partial charge in [0.05, 0.1) is 10.6 Å². The smallest absolute Gasteiger partial charge is 0.243 e. The normalized spacial score (nSPS) is 15.7. The van der Waals surface area contributed by atoms with Crippen LogP contribution in [0.5, 0.6) is 0 Å². The number of amides is 1. The van der Waals surface area contributed by atoms with Crippen molar-refractivity contribution in [1.82, 2.24) is 14.3 Å². The number of para-hydroxylation sites is 1. The maximum Gasteiger partial charge on any atom is 0.243 e. The number of nitrogens with zero attached hydrogens (tertiary/aromatic N) is 2. The maximum absolute atomic E-state index is 12.9. The molecule has 0 bridgehead atoms. The molecule has 2 aromatic heterocycles. The molecule has 2 aromatic carbocycles. The van der Waals surface area contributed by atoms with E-state index in [0.717, 1.165) is 27.9 Å². The summed E-state index contributed by atoms with van der Waals surface area (Å²) in [5.41, 5.74) is 3.96. The Hall–Kier alpha value is -3.01. The number of H-pyrrole nitrogens is 1. The molecule has 0 aliphatic carbocycles. The number of carbonyl (C=O) groups excluding carboxylic acids is 1. The summed E-state index contributed by atoms with van der Waals surface area (Å²) in [7, 11) is -3.53. The van der Waals surface area contributed by atoms with Crippen molar-refractivity contribution in [2.24, 2.45) is 5.92 Å². The number of nitrogens with one attached hydrogen (secondary N) is 2. The average Bonchev–Trinajstić information content (AvgIpc) is 3.42. The molecule has 1 aliphatic heterocycles. The predicted molar refractivity (Wildman–Crippen MR) is 131 cm³/mol. The molecule has 0 saturated carbocycles. The van der Waals surface area contributed by atoms with Crippen LogP contribution in [0.4, 0.5) is 5.13 Å². The van der Waals surface area contributed by atoms with Crippen molar-refractivity contribution in [3.8, 4) is 11.3 Å². The highest BCUT2D eigenvalue weighted by Crippen LogP contribution is 2.34. The zero-order valence-corrected chi connectivity index (χ0v) is 19.7. The summed E-state index contributed by atoms with van der Waals surface area (Å²) in [6.07, 6.45) is 0.968. The molecule has 3 heterocycles. The molecule has 0 unspecified atom stereocenters. The van der Waals surface area contributed by atoms with Crippen molar-refractivity contribution < 1.29 is 13.2 Å². The summed E-state index contributed by atoms with van der Waals surface area (Å²) in [5.74, 6) is -0.349. The molecule has 7 nitrogen and oxygen atoms in total. The summed E-state index contributed by atoms with van der Waals surface area (Å²) in [4.78, 5) is 21.2. The Morgan fingerprint density at radius 2 is 1.79 bits per heavy atom. The fraction of sp³-hybridized carbons (Fsp3) is 0.250. The van der Waals surface area contributed by atoms with Gasteiger partial charge in [0.2, 0.25) is 15.9 Å². The first kappa shape index (κ1) is 21.8. The lowest BCUT2D eigenvalue weighted by Gasteiger charge is -2.30. The Labute approximate surface area is 196 Å². The van der Waals surface area contributed by atoms with Gasteiger partial charge < -0.3 is 10.3 Å². The van der Waals surface area contributed by atoms with E-state index in [1.54, 1.807) is 30.3 Å². The van der Waals surface area contributed by atoms with E-state index >= 15 is 0 Å². The summed E-state index contributed by atoms with van der Waals surface area (Å²) in [6.45, 7) is 2.67. The Balaban J connectivity index is 1.25. The summed E-state index contributed by atoms with van der Waals surface area (Å²) < 4.78 is 27.1. The number of sulfonamides is 1. The zero-order chi connectivity index (χ0) is 23.0. The topological polar surface area (TPSA) is 95.2 Å². The highest BCUT2D eigenvalue weighted by molar-refractivity contribution is 7.89. The average molecular weight is 481 g/mol. The van der Waals surface area contributed by atoms with Gasteiger partial charge in [0.15, 0.2) is 5.13 Å². The Morgan fingerprint density at radius 1 is 1.09 bits per heavy atom. The monoisotopic (exact) mass is 480 g/mol. The molecule has 1 fully saturated rings. The number of carbonyl (C=O) groups is 1. The van der Waals surface area contributed by atoms with Crippen LogP contribution in [0.1, 0.15) is 18.5 Å². The molecule has 0 atom stereocenters. The molecule has 9 heteroatoms. The molecule has 170 valence electrons. The fourth-order valence-corrected chi connectivity index (χ4v) is 6.56. The minimum absolute atomic E-state index is 0.108. The number of aromatic nitrogens is 2. The zero-order valence-electron chi connectivity index (χ0n) is 18.1. The Bertz CT molecular complexity index is 1400. The van der Waals surface area contributed by atoms with Gasteiger partial charge in [-0.2, -0.15) is 4.31 Å². The predicted octanol–water partition coefficient (Wildman–Crippen LogP) is 4.64. The molecular weight excluding hydrogens is 456 g/mol. The lowest BCUT2D eigenvalue weighted by molar-refractivity contribution is -0.120.